The second-order valence-electron chi connectivity index (χ2n) is 7.27. The number of hydrogen-bond donors (Lipinski definition) is 2. The smallest absolute Gasteiger partial charge is 0.158 e. The zero-order chi connectivity index (χ0) is 26.8. The molecule has 0 saturated carbocycles. The van der Waals surface area contributed by atoms with Crippen molar-refractivity contribution in [3.8, 4) is 0 Å². The second-order valence-corrected chi connectivity index (χ2v) is 10.9. The third kappa shape index (κ3) is 5.70. The number of nitrogens with two attached hydrogens (primary N) is 2. The average Bonchev–Trinajstić information content (AvgIpc) is 3.56. The average molecular weight is 624 g/mol. The van der Waals surface area contributed by atoms with Gasteiger partial charge in [0.05, 0.1) is 22.4 Å². The Labute approximate surface area is 243 Å². The first-order valence-electron chi connectivity index (χ1n) is 10.4. The van der Waals surface area contributed by atoms with E-state index in [9.17, 15) is 0 Å². The van der Waals surface area contributed by atoms with Crippen molar-refractivity contribution in [2.75, 3.05) is 11.5 Å². The Kier molecular flexibility index (Phi) is 7.98. The third-order valence-corrected chi connectivity index (χ3v) is 8.29. The summed E-state index contributed by atoms with van der Waals surface area (Å²) >= 11 is 26.7. The fourth-order valence-corrected chi connectivity index (χ4v) is 5.61. The second kappa shape index (κ2) is 11.4. The minimum atomic E-state index is 0.261. The van der Waals surface area contributed by atoms with Crippen LogP contribution in [0.1, 0.15) is 0 Å². The van der Waals surface area contributed by atoms with Crippen molar-refractivity contribution < 1.29 is 0 Å². The van der Waals surface area contributed by atoms with Crippen molar-refractivity contribution in [3.05, 3.63) is 82.1 Å². The van der Waals surface area contributed by atoms with E-state index in [0.717, 1.165) is 9.79 Å². The van der Waals surface area contributed by atoms with Crippen LogP contribution < -0.4 is 11.5 Å². The summed E-state index contributed by atoms with van der Waals surface area (Å²) in [5.41, 5.74) is 12.9. The SMILES string of the molecule is Nc1nc(Cl)cnc1Sc1ccn2ccnc2c1Cl.Nc1nc(Cl)cnc1Sc1ccn2ccnc2c1Cl. The van der Waals surface area contributed by atoms with Crippen molar-refractivity contribution in [3.63, 3.8) is 0 Å². The molecule has 0 atom stereocenters. The quantitative estimate of drug-likeness (QED) is 0.229. The number of pyridine rings is 2. The minimum Gasteiger partial charge on any atom is -0.381 e. The summed E-state index contributed by atoms with van der Waals surface area (Å²) in [5, 5.41) is 2.74. The van der Waals surface area contributed by atoms with Gasteiger partial charge in [-0.3, -0.25) is 0 Å². The zero-order valence-corrected chi connectivity index (χ0v) is 23.5. The van der Waals surface area contributed by atoms with Crippen molar-refractivity contribution in [1.82, 2.24) is 38.7 Å². The molecule has 10 nitrogen and oxygen atoms in total. The van der Waals surface area contributed by atoms with Gasteiger partial charge in [0, 0.05) is 47.0 Å². The van der Waals surface area contributed by atoms with E-state index in [0.29, 0.717) is 31.4 Å². The number of fused-ring (bicyclic) bond motifs is 2. The number of imidazole rings is 2. The van der Waals surface area contributed by atoms with E-state index in [1.165, 1.54) is 35.9 Å². The highest BCUT2D eigenvalue weighted by Gasteiger charge is 2.13. The van der Waals surface area contributed by atoms with Gasteiger partial charge >= 0.3 is 0 Å². The number of anilines is 2. The number of aromatic nitrogens is 8. The first-order chi connectivity index (χ1) is 18.3. The zero-order valence-electron chi connectivity index (χ0n) is 18.8. The molecule has 0 radical (unpaired) electrons. The largest absolute Gasteiger partial charge is 0.381 e. The molecule has 0 aliphatic heterocycles. The molecule has 6 aromatic rings. The molecule has 6 rings (SSSR count). The van der Waals surface area contributed by atoms with Crippen LogP contribution in [-0.4, -0.2) is 38.7 Å². The molecule has 0 aromatic carbocycles. The Bertz CT molecular complexity index is 1650. The van der Waals surface area contributed by atoms with Crippen LogP contribution in [0.3, 0.4) is 0 Å². The van der Waals surface area contributed by atoms with Crippen LogP contribution >= 0.6 is 69.9 Å². The van der Waals surface area contributed by atoms with Gasteiger partial charge in [0.2, 0.25) is 0 Å². The lowest BCUT2D eigenvalue weighted by atomic mass is 10.5. The standard InChI is InChI=1S/2C11H7Cl2N5S/c2*12-7-5-16-11(9(14)17-7)19-6-1-3-18-4-2-15-10(18)8(6)13/h2*1-5H,(H2,14,17). The molecule has 38 heavy (non-hydrogen) atoms. The van der Waals surface area contributed by atoms with Crippen molar-refractivity contribution in [2.45, 2.75) is 19.8 Å². The Morgan fingerprint density at radius 2 is 1.03 bits per heavy atom. The summed E-state index contributed by atoms with van der Waals surface area (Å²) in [5.74, 6) is 0.550. The van der Waals surface area contributed by atoms with Gasteiger partial charge in [-0.05, 0) is 12.1 Å². The van der Waals surface area contributed by atoms with Crippen LogP contribution in [0.15, 0.2) is 81.6 Å². The highest BCUT2D eigenvalue weighted by Crippen LogP contribution is 2.37. The first-order valence-corrected chi connectivity index (χ1v) is 13.6. The normalized spacial score (nSPS) is 11.1. The number of halogens is 4. The molecule has 0 aliphatic carbocycles. The lowest BCUT2D eigenvalue weighted by molar-refractivity contribution is 1.07. The Balaban J connectivity index is 0.000000155. The number of rotatable bonds is 4. The Morgan fingerprint density at radius 3 is 1.42 bits per heavy atom. The molecule has 4 N–H and O–H groups in total. The minimum absolute atomic E-state index is 0.261. The summed E-state index contributed by atoms with van der Waals surface area (Å²) in [6.07, 6.45) is 13.7. The van der Waals surface area contributed by atoms with Gasteiger partial charge in [-0.15, -0.1) is 0 Å². The van der Waals surface area contributed by atoms with Crippen LogP contribution in [0, 0.1) is 0 Å². The first kappa shape index (κ1) is 26.6. The topological polar surface area (TPSA) is 138 Å². The molecule has 0 amide bonds. The highest BCUT2D eigenvalue weighted by molar-refractivity contribution is 7.99. The van der Waals surface area contributed by atoms with Crippen LogP contribution in [-0.2, 0) is 0 Å². The Hall–Kier alpha value is -3.00. The monoisotopic (exact) mass is 622 g/mol. The molecule has 0 spiro atoms. The Morgan fingerprint density at radius 1 is 0.605 bits per heavy atom. The molecular weight excluding hydrogens is 610 g/mol. The molecule has 0 unspecified atom stereocenters. The predicted molar refractivity (Wildman–Crippen MR) is 152 cm³/mol. The molecule has 0 bridgehead atoms. The molecule has 6 aromatic heterocycles. The summed E-state index contributed by atoms with van der Waals surface area (Å²) in [4.78, 5) is 26.2. The summed E-state index contributed by atoms with van der Waals surface area (Å²) in [6.45, 7) is 0. The molecule has 16 heteroatoms. The maximum atomic E-state index is 6.30. The molecule has 6 heterocycles. The van der Waals surface area contributed by atoms with Gasteiger partial charge in [-0.1, -0.05) is 69.9 Å². The maximum absolute atomic E-state index is 6.30. The lowest BCUT2D eigenvalue weighted by Gasteiger charge is -2.06. The lowest BCUT2D eigenvalue weighted by Crippen LogP contribution is -1.96. The van der Waals surface area contributed by atoms with E-state index in [1.54, 1.807) is 12.4 Å². The molecule has 192 valence electrons. The van der Waals surface area contributed by atoms with Crippen molar-refractivity contribution in [1.29, 1.82) is 0 Å². The third-order valence-electron chi connectivity index (χ3n) is 4.82. The van der Waals surface area contributed by atoms with Crippen molar-refractivity contribution in [2.24, 2.45) is 0 Å². The number of nitrogen functional groups attached to an aromatic ring is 2. The van der Waals surface area contributed by atoms with Gasteiger partial charge in [-0.25, -0.2) is 29.9 Å². The van der Waals surface area contributed by atoms with E-state index >= 15 is 0 Å². The predicted octanol–water partition coefficient (Wildman–Crippen LogP) is 6.33. The van der Waals surface area contributed by atoms with Crippen LogP contribution in [0.5, 0.6) is 0 Å². The summed E-state index contributed by atoms with van der Waals surface area (Å²) in [6, 6.07) is 3.74. The van der Waals surface area contributed by atoms with Gasteiger partial charge in [0.15, 0.2) is 22.9 Å². The van der Waals surface area contributed by atoms with Gasteiger partial charge in [0.25, 0.3) is 0 Å². The van der Waals surface area contributed by atoms with Crippen LogP contribution in [0.25, 0.3) is 11.3 Å². The van der Waals surface area contributed by atoms with Gasteiger partial charge < -0.3 is 20.3 Å². The van der Waals surface area contributed by atoms with E-state index in [2.05, 4.69) is 29.9 Å². The highest BCUT2D eigenvalue weighted by atomic mass is 35.5. The van der Waals surface area contributed by atoms with Crippen LogP contribution in [0.2, 0.25) is 20.4 Å². The fraction of sp³-hybridized carbons (Fsp3) is 0. The molecule has 0 saturated heterocycles. The molecule has 0 aliphatic rings. The fourth-order valence-electron chi connectivity index (χ4n) is 3.13. The number of hydrogen-bond acceptors (Lipinski definition) is 10. The van der Waals surface area contributed by atoms with Crippen LogP contribution in [0.4, 0.5) is 11.6 Å². The summed E-state index contributed by atoms with van der Waals surface area (Å²) in [7, 11) is 0. The maximum Gasteiger partial charge on any atom is 0.158 e. The number of nitrogens with zero attached hydrogens (tertiary/aromatic N) is 8. The van der Waals surface area contributed by atoms with Gasteiger partial charge in [-0.2, -0.15) is 0 Å². The van der Waals surface area contributed by atoms with Gasteiger partial charge in [0.1, 0.15) is 20.4 Å². The molecular formula is C22H14Cl4N10S2. The summed E-state index contributed by atoms with van der Waals surface area (Å²) < 4.78 is 3.67. The van der Waals surface area contributed by atoms with E-state index < -0.39 is 0 Å². The van der Waals surface area contributed by atoms with Crippen molar-refractivity contribution >= 4 is 92.9 Å². The van der Waals surface area contributed by atoms with E-state index in [4.69, 9.17) is 57.9 Å². The van der Waals surface area contributed by atoms with E-state index in [-0.39, 0.29) is 21.9 Å². The van der Waals surface area contributed by atoms with E-state index in [1.807, 2.05) is 45.7 Å². The molecule has 0 fully saturated rings.